The number of hydrogen-bond acceptors (Lipinski definition) is 4. The normalized spacial score (nSPS) is 22.9. The number of carbonyl (C=O) groups excluding carboxylic acids is 1. The molecule has 2 atom stereocenters. The fourth-order valence-corrected chi connectivity index (χ4v) is 1.93. The number of carboxylic acid groups (broad SMARTS) is 1. The molecule has 0 saturated heterocycles. The highest BCUT2D eigenvalue weighted by Crippen LogP contribution is 2.38. The highest BCUT2D eigenvalue weighted by Gasteiger charge is 2.38. The summed E-state index contributed by atoms with van der Waals surface area (Å²) in [5, 5.41) is 13.0. The van der Waals surface area contributed by atoms with Crippen LogP contribution in [-0.2, 0) is 9.53 Å². The summed E-state index contributed by atoms with van der Waals surface area (Å²) in [6, 6.07) is -0.143. The lowest BCUT2D eigenvalue weighted by atomic mass is 9.80. The summed E-state index contributed by atoms with van der Waals surface area (Å²) >= 11 is 0. The molecule has 92 valence electrons. The maximum atomic E-state index is 11.4. The van der Waals surface area contributed by atoms with E-state index in [4.69, 9.17) is 9.84 Å². The van der Waals surface area contributed by atoms with Gasteiger partial charge < -0.3 is 9.84 Å². The van der Waals surface area contributed by atoms with E-state index in [1.807, 2.05) is 0 Å². The number of ether oxygens (including phenoxy) is 1. The summed E-state index contributed by atoms with van der Waals surface area (Å²) in [6.45, 7) is 2.04. The van der Waals surface area contributed by atoms with Crippen LogP contribution in [0.1, 0.15) is 36.2 Å². The van der Waals surface area contributed by atoms with Crippen molar-refractivity contribution in [1.29, 1.82) is 0 Å². The molecule has 0 spiro atoms. The van der Waals surface area contributed by atoms with Crippen LogP contribution in [-0.4, -0.2) is 33.4 Å². The highest BCUT2D eigenvalue weighted by atomic mass is 16.5. The monoisotopic (exact) mass is 238 g/mol. The number of nitrogens with zero attached hydrogens (tertiary/aromatic N) is 2. The largest absolute Gasteiger partial charge is 0.481 e. The van der Waals surface area contributed by atoms with Crippen molar-refractivity contribution in [1.82, 2.24) is 9.78 Å². The lowest BCUT2D eigenvalue weighted by Crippen LogP contribution is -2.35. The van der Waals surface area contributed by atoms with Crippen LogP contribution in [0.15, 0.2) is 12.4 Å². The zero-order chi connectivity index (χ0) is 12.4. The number of esters is 1. The Hall–Kier alpha value is -1.85. The van der Waals surface area contributed by atoms with Gasteiger partial charge in [-0.25, -0.2) is 4.79 Å². The molecule has 0 bridgehead atoms. The van der Waals surface area contributed by atoms with Gasteiger partial charge in [-0.3, -0.25) is 9.48 Å². The predicted octanol–water partition coefficient (Wildman–Crippen LogP) is 1.10. The predicted molar refractivity (Wildman–Crippen MR) is 57.6 cm³/mol. The minimum absolute atomic E-state index is 0.143. The van der Waals surface area contributed by atoms with E-state index in [0.29, 0.717) is 18.6 Å². The van der Waals surface area contributed by atoms with E-state index in [9.17, 15) is 9.59 Å². The van der Waals surface area contributed by atoms with Gasteiger partial charge in [0.05, 0.1) is 30.3 Å². The van der Waals surface area contributed by atoms with Crippen LogP contribution >= 0.6 is 0 Å². The average Bonchev–Trinajstić information content (AvgIpc) is 2.64. The summed E-state index contributed by atoms with van der Waals surface area (Å²) in [7, 11) is 0. The van der Waals surface area contributed by atoms with E-state index < -0.39 is 17.9 Å². The van der Waals surface area contributed by atoms with E-state index >= 15 is 0 Å². The van der Waals surface area contributed by atoms with Crippen LogP contribution in [0.5, 0.6) is 0 Å². The van der Waals surface area contributed by atoms with E-state index in [0.717, 1.165) is 6.42 Å². The molecule has 1 aliphatic rings. The van der Waals surface area contributed by atoms with Crippen LogP contribution in [0.3, 0.4) is 0 Å². The first kappa shape index (κ1) is 11.6. The van der Waals surface area contributed by atoms with Gasteiger partial charge >= 0.3 is 11.9 Å². The molecule has 0 aliphatic heterocycles. The minimum Gasteiger partial charge on any atom is -0.481 e. The van der Waals surface area contributed by atoms with E-state index in [2.05, 4.69) is 5.10 Å². The van der Waals surface area contributed by atoms with Gasteiger partial charge in [0.15, 0.2) is 0 Å². The maximum Gasteiger partial charge on any atom is 0.341 e. The van der Waals surface area contributed by atoms with E-state index in [1.54, 1.807) is 17.8 Å². The van der Waals surface area contributed by atoms with Gasteiger partial charge in [-0.05, 0) is 19.8 Å². The third kappa shape index (κ3) is 2.15. The second-order valence-electron chi connectivity index (χ2n) is 4.02. The Bertz CT molecular complexity index is 440. The van der Waals surface area contributed by atoms with Gasteiger partial charge in [-0.15, -0.1) is 0 Å². The van der Waals surface area contributed by atoms with E-state index in [1.165, 1.54) is 6.20 Å². The SMILES string of the molecule is CCOC(=O)c1cnn(C2CCC2C(=O)O)c1. The first-order valence-corrected chi connectivity index (χ1v) is 5.57. The first-order valence-electron chi connectivity index (χ1n) is 5.57. The van der Waals surface area contributed by atoms with Crippen LogP contribution in [0.4, 0.5) is 0 Å². The summed E-state index contributed by atoms with van der Waals surface area (Å²) in [5.74, 6) is -1.63. The standard InChI is InChI=1S/C11H14N2O4/c1-2-17-11(16)7-5-12-13(6-7)9-4-3-8(9)10(14)15/h5-6,8-9H,2-4H2,1H3,(H,14,15). The molecule has 1 saturated carbocycles. The number of aromatic nitrogens is 2. The van der Waals surface area contributed by atoms with Crippen molar-refractivity contribution in [2.24, 2.45) is 5.92 Å². The van der Waals surface area contributed by atoms with Crippen molar-refractivity contribution in [2.45, 2.75) is 25.8 Å². The number of rotatable bonds is 4. The topological polar surface area (TPSA) is 81.4 Å². The third-order valence-electron chi connectivity index (χ3n) is 3.01. The molecule has 1 heterocycles. The maximum absolute atomic E-state index is 11.4. The van der Waals surface area contributed by atoms with Crippen LogP contribution in [0, 0.1) is 5.92 Å². The Morgan fingerprint density at radius 1 is 1.59 bits per heavy atom. The van der Waals surface area contributed by atoms with Crippen molar-refractivity contribution in [2.75, 3.05) is 6.61 Å². The zero-order valence-electron chi connectivity index (χ0n) is 9.50. The van der Waals surface area contributed by atoms with Crippen LogP contribution in [0.25, 0.3) is 0 Å². The Balaban J connectivity index is 2.08. The lowest BCUT2D eigenvalue weighted by molar-refractivity contribution is -0.147. The molecule has 1 aliphatic carbocycles. The smallest absolute Gasteiger partial charge is 0.341 e. The van der Waals surface area contributed by atoms with Gasteiger partial charge in [-0.2, -0.15) is 5.10 Å². The van der Waals surface area contributed by atoms with E-state index in [-0.39, 0.29) is 6.04 Å². The first-order chi connectivity index (χ1) is 8.13. The fourth-order valence-electron chi connectivity index (χ4n) is 1.93. The molecular weight excluding hydrogens is 224 g/mol. The average molecular weight is 238 g/mol. The van der Waals surface area contributed by atoms with Crippen molar-refractivity contribution < 1.29 is 19.4 Å². The molecule has 2 unspecified atom stereocenters. The van der Waals surface area contributed by atoms with Gasteiger partial charge in [0.2, 0.25) is 0 Å². The number of hydrogen-bond donors (Lipinski definition) is 1. The Kier molecular flexibility index (Phi) is 3.12. The number of aliphatic carboxylic acids is 1. The quantitative estimate of drug-likeness (QED) is 0.794. The van der Waals surface area contributed by atoms with Crippen molar-refractivity contribution in [3.8, 4) is 0 Å². The highest BCUT2D eigenvalue weighted by molar-refractivity contribution is 5.88. The molecule has 0 radical (unpaired) electrons. The third-order valence-corrected chi connectivity index (χ3v) is 3.01. The molecule has 2 rings (SSSR count). The van der Waals surface area contributed by atoms with Crippen LogP contribution in [0.2, 0.25) is 0 Å². The van der Waals surface area contributed by atoms with Crippen molar-refractivity contribution in [3.63, 3.8) is 0 Å². The van der Waals surface area contributed by atoms with Crippen molar-refractivity contribution in [3.05, 3.63) is 18.0 Å². The molecule has 1 aromatic heterocycles. The Labute approximate surface area is 98.2 Å². The summed E-state index contributed by atoms with van der Waals surface area (Å²) < 4.78 is 6.39. The van der Waals surface area contributed by atoms with Crippen LogP contribution < -0.4 is 0 Å². The molecule has 0 aromatic carbocycles. The minimum atomic E-state index is -0.811. The molecule has 0 amide bonds. The summed E-state index contributed by atoms with van der Waals surface area (Å²) in [4.78, 5) is 22.3. The lowest BCUT2D eigenvalue weighted by Gasteiger charge is -2.33. The number of carbonyl (C=O) groups is 2. The van der Waals surface area contributed by atoms with Gasteiger partial charge in [-0.1, -0.05) is 0 Å². The van der Waals surface area contributed by atoms with Crippen molar-refractivity contribution >= 4 is 11.9 Å². The molecule has 1 aromatic rings. The fraction of sp³-hybridized carbons (Fsp3) is 0.545. The Morgan fingerprint density at radius 3 is 2.88 bits per heavy atom. The zero-order valence-corrected chi connectivity index (χ0v) is 9.50. The second-order valence-corrected chi connectivity index (χ2v) is 4.02. The Morgan fingerprint density at radius 2 is 2.35 bits per heavy atom. The van der Waals surface area contributed by atoms with Gasteiger partial charge in [0, 0.05) is 6.20 Å². The van der Waals surface area contributed by atoms with Gasteiger partial charge in [0.25, 0.3) is 0 Å². The van der Waals surface area contributed by atoms with Gasteiger partial charge in [0.1, 0.15) is 0 Å². The number of carboxylic acids is 1. The molecular formula is C11H14N2O4. The molecule has 17 heavy (non-hydrogen) atoms. The molecule has 1 fully saturated rings. The summed E-state index contributed by atoms with van der Waals surface area (Å²) in [6.07, 6.45) is 4.41. The summed E-state index contributed by atoms with van der Waals surface area (Å²) in [5.41, 5.74) is 0.364. The molecule has 6 heteroatoms. The molecule has 6 nitrogen and oxygen atoms in total. The molecule has 1 N–H and O–H groups in total. The second kappa shape index (κ2) is 4.57.